The lowest BCUT2D eigenvalue weighted by atomic mass is 10.2. The Kier molecular flexibility index (Phi) is 5.04. The van der Waals surface area contributed by atoms with E-state index in [1.165, 1.54) is 23.0 Å². The SMILES string of the molecule is Cc1nn(C)c(C)c1C=CC(=O)Nc1nnc(Cc2ccccc2)s1. The lowest BCUT2D eigenvalue weighted by molar-refractivity contribution is -0.111. The van der Waals surface area contributed by atoms with Crippen molar-refractivity contribution in [3.63, 3.8) is 0 Å². The van der Waals surface area contributed by atoms with E-state index in [1.807, 2.05) is 51.2 Å². The van der Waals surface area contributed by atoms with Gasteiger partial charge in [-0.2, -0.15) is 5.10 Å². The summed E-state index contributed by atoms with van der Waals surface area (Å²) in [6.07, 6.45) is 3.98. The molecule has 0 aliphatic carbocycles. The van der Waals surface area contributed by atoms with Gasteiger partial charge in [0.2, 0.25) is 11.0 Å². The third-order valence-electron chi connectivity index (χ3n) is 3.86. The van der Waals surface area contributed by atoms with E-state index >= 15 is 0 Å². The van der Waals surface area contributed by atoms with E-state index in [0.717, 1.165) is 22.0 Å². The molecule has 2 heterocycles. The largest absolute Gasteiger partial charge is 0.297 e. The molecule has 0 unspecified atom stereocenters. The van der Waals surface area contributed by atoms with E-state index in [-0.39, 0.29) is 5.91 Å². The first kappa shape index (κ1) is 17.0. The Morgan fingerprint density at radius 3 is 2.68 bits per heavy atom. The fourth-order valence-electron chi connectivity index (χ4n) is 2.48. The topological polar surface area (TPSA) is 72.7 Å². The number of aromatic nitrogens is 4. The first-order valence-corrected chi connectivity index (χ1v) is 8.70. The number of rotatable bonds is 5. The minimum Gasteiger partial charge on any atom is -0.297 e. The Hall–Kier alpha value is -2.80. The predicted molar refractivity (Wildman–Crippen MR) is 99.5 cm³/mol. The van der Waals surface area contributed by atoms with Crippen LogP contribution in [0.2, 0.25) is 0 Å². The maximum atomic E-state index is 12.1. The average molecular weight is 353 g/mol. The Labute approximate surface area is 150 Å². The number of nitrogens with zero attached hydrogens (tertiary/aromatic N) is 4. The van der Waals surface area contributed by atoms with Crippen LogP contribution in [0, 0.1) is 13.8 Å². The van der Waals surface area contributed by atoms with Gasteiger partial charge in [-0.25, -0.2) is 0 Å². The van der Waals surface area contributed by atoms with Gasteiger partial charge in [-0.05, 0) is 25.5 Å². The summed E-state index contributed by atoms with van der Waals surface area (Å²) < 4.78 is 1.80. The van der Waals surface area contributed by atoms with Crippen LogP contribution in [-0.4, -0.2) is 25.9 Å². The van der Waals surface area contributed by atoms with Crippen LogP contribution in [-0.2, 0) is 18.3 Å². The molecule has 0 radical (unpaired) electrons. The molecule has 1 N–H and O–H groups in total. The quantitative estimate of drug-likeness (QED) is 0.715. The third kappa shape index (κ3) is 4.19. The predicted octanol–water partition coefficient (Wildman–Crippen LogP) is 3.13. The maximum Gasteiger partial charge on any atom is 0.250 e. The molecule has 0 atom stereocenters. The number of aryl methyl sites for hydroxylation is 2. The van der Waals surface area contributed by atoms with Crippen molar-refractivity contribution in [3.05, 3.63) is 63.9 Å². The second-order valence-corrected chi connectivity index (χ2v) is 6.76. The van der Waals surface area contributed by atoms with Crippen molar-refractivity contribution in [2.75, 3.05) is 5.32 Å². The minimum atomic E-state index is -0.231. The highest BCUT2D eigenvalue weighted by atomic mass is 32.1. The molecular formula is C18H19N5OS. The summed E-state index contributed by atoms with van der Waals surface area (Å²) in [5, 5.41) is 16.6. The second-order valence-electron chi connectivity index (χ2n) is 5.69. The fraction of sp³-hybridized carbons (Fsp3) is 0.222. The van der Waals surface area contributed by atoms with Crippen molar-refractivity contribution < 1.29 is 4.79 Å². The van der Waals surface area contributed by atoms with Crippen LogP contribution >= 0.6 is 11.3 Å². The van der Waals surface area contributed by atoms with E-state index in [9.17, 15) is 4.79 Å². The van der Waals surface area contributed by atoms with E-state index < -0.39 is 0 Å². The molecule has 1 amide bonds. The minimum absolute atomic E-state index is 0.231. The summed E-state index contributed by atoms with van der Waals surface area (Å²) in [5.41, 5.74) is 4.03. The molecule has 0 saturated carbocycles. The maximum absolute atomic E-state index is 12.1. The number of amides is 1. The van der Waals surface area contributed by atoms with Crippen LogP contribution in [0.5, 0.6) is 0 Å². The van der Waals surface area contributed by atoms with Crippen LogP contribution in [0.25, 0.3) is 6.08 Å². The number of carbonyl (C=O) groups is 1. The van der Waals surface area contributed by atoms with Crippen molar-refractivity contribution in [2.45, 2.75) is 20.3 Å². The van der Waals surface area contributed by atoms with Gasteiger partial charge in [0, 0.05) is 30.8 Å². The van der Waals surface area contributed by atoms with E-state index in [1.54, 1.807) is 10.8 Å². The van der Waals surface area contributed by atoms with Crippen LogP contribution in [0.3, 0.4) is 0 Å². The molecule has 0 aliphatic heterocycles. The number of nitrogens with one attached hydrogen (secondary N) is 1. The molecule has 128 valence electrons. The van der Waals surface area contributed by atoms with E-state index in [0.29, 0.717) is 11.6 Å². The number of hydrogen-bond donors (Lipinski definition) is 1. The summed E-state index contributed by atoms with van der Waals surface area (Å²) in [7, 11) is 1.88. The lowest BCUT2D eigenvalue weighted by Gasteiger charge is -1.97. The zero-order valence-electron chi connectivity index (χ0n) is 14.4. The van der Waals surface area contributed by atoms with Gasteiger partial charge < -0.3 is 0 Å². The summed E-state index contributed by atoms with van der Waals surface area (Å²) in [6.45, 7) is 3.89. The molecule has 3 rings (SSSR count). The highest BCUT2D eigenvalue weighted by Crippen LogP contribution is 2.19. The summed E-state index contributed by atoms with van der Waals surface area (Å²) in [5.74, 6) is -0.231. The first-order chi connectivity index (χ1) is 12.0. The van der Waals surface area contributed by atoms with Crippen LogP contribution in [0.1, 0.15) is 27.5 Å². The molecule has 7 heteroatoms. The standard InChI is InChI=1S/C18H19N5OS/c1-12-15(13(2)23(3)22-12)9-10-16(24)19-18-21-20-17(25-18)11-14-7-5-4-6-8-14/h4-10H,11H2,1-3H3,(H,19,21,24). The van der Waals surface area contributed by atoms with Gasteiger partial charge in [-0.15, -0.1) is 10.2 Å². The molecule has 0 saturated heterocycles. The van der Waals surface area contributed by atoms with Crippen LogP contribution in [0.4, 0.5) is 5.13 Å². The molecule has 0 bridgehead atoms. The molecule has 3 aromatic rings. The van der Waals surface area contributed by atoms with Gasteiger partial charge in [-0.1, -0.05) is 41.7 Å². The summed E-state index contributed by atoms with van der Waals surface area (Å²) >= 11 is 1.38. The molecule has 2 aromatic heterocycles. The molecular weight excluding hydrogens is 334 g/mol. The Bertz CT molecular complexity index is 911. The molecule has 6 nitrogen and oxygen atoms in total. The lowest BCUT2D eigenvalue weighted by Crippen LogP contribution is -2.07. The van der Waals surface area contributed by atoms with Crippen molar-refractivity contribution in [1.82, 2.24) is 20.0 Å². The van der Waals surface area contributed by atoms with E-state index in [4.69, 9.17) is 0 Å². The van der Waals surface area contributed by atoms with Gasteiger partial charge in [-0.3, -0.25) is 14.8 Å². The van der Waals surface area contributed by atoms with Gasteiger partial charge in [0.25, 0.3) is 0 Å². The van der Waals surface area contributed by atoms with Crippen molar-refractivity contribution >= 4 is 28.5 Å². The third-order valence-corrected chi connectivity index (χ3v) is 4.70. The Morgan fingerprint density at radius 2 is 2.00 bits per heavy atom. The Morgan fingerprint density at radius 1 is 1.24 bits per heavy atom. The zero-order chi connectivity index (χ0) is 17.8. The van der Waals surface area contributed by atoms with Gasteiger partial charge in [0.05, 0.1) is 5.69 Å². The number of carbonyl (C=O) groups excluding carboxylic acids is 1. The highest BCUT2D eigenvalue weighted by molar-refractivity contribution is 7.15. The van der Waals surface area contributed by atoms with Gasteiger partial charge >= 0.3 is 0 Å². The van der Waals surface area contributed by atoms with E-state index in [2.05, 4.69) is 20.6 Å². The molecule has 0 spiro atoms. The summed E-state index contributed by atoms with van der Waals surface area (Å²) in [4.78, 5) is 12.1. The van der Waals surface area contributed by atoms with Gasteiger partial charge in [0.15, 0.2) is 0 Å². The Balaban J connectivity index is 1.63. The number of benzene rings is 1. The highest BCUT2D eigenvalue weighted by Gasteiger charge is 2.09. The van der Waals surface area contributed by atoms with Crippen molar-refractivity contribution in [3.8, 4) is 0 Å². The van der Waals surface area contributed by atoms with Crippen LogP contribution < -0.4 is 5.32 Å². The zero-order valence-corrected chi connectivity index (χ0v) is 15.2. The molecule has 1 aromatic carbocycles. The number of hydrogen-bond acceptors (Lipinski definition) is 5. The normalized spacial score (nSPS) is 11.2. The summed E-state index contributed by atoms with van der Waals surface area (Å²) in [6, 6.07) is 10.0. The van der Waals surface area contributed by atoms with Crippen molar-refractivity contribution in [2.24, 2.45) is 7.05 Å². The number of anilines is 1. The fourth-order valence-corrected chi connectivity index (χ4v) is 3.26. The smallest absolute Gasteiger partial charge is 0.250 e. The average Bonchev–Trinajstić information content (AvgIpc) is 3.11. The van der Waals surface area contributed by atoms with Gasteiger partial charge in [0.1, 0.15) is 5.01 Å². The molecule has 0 aliphatic rings. The second kappa shape index (κ2) is 7.40. The molecule has 0 fully saturated rings. The van der Waals surface area contributed by atoms with Crippen LogP contribution in [0.15, 0.2) is 36.4 Å². The first-order valence-electron chi connectivity index (χ1n) is 7.88. The molecule has 25 heavy (non-hydrogen) atoms. The monoisotopic (exact) mass is 353 g/mol. The van der Waals surface area contributed by atoms with Crippen molar-refractivity contribution in [1.29, 1.82) is 0 Å².